The molecule has 1 heterocycles. The molecule has 1 amide bonds. The highest BCUT2D eigenvalue weighted by atomic mass is 16.3. The molecule has 1 fully saturated rings. The largest absolute Gasteiger partial charge is 0.508 e. The molecule has 2 rings (SSSR count). The van der Waals surface area contributed by atoms with Crippen molar-refractivity contribution in [3.63, 3.8) is 0 Å². The molecule has 1 aromatic carbocycles. The van der Waals surface area contributed by atoms with Crippen LogP contribution in [0.5, 0.6) is 5.75 Å². The van der Waals surface area contributed by atoms with Crippen LogP contribution in [0.2, 0.25) is 0 Å². The van der Waals surface area contributed by atoms with Gasteiger partial charge in [0, 0.05) is 13.0 Å². The standard InChI is InChI=1S/C11H11NO3/c13-8-3-1-7(2-4-8)5-10(14)9-6-12-11(9)15/h1-4,9,13H,5-6H2,(H,12,15). The van der Waals surface area contributed by atoms with E-state index in [1.807, 2.05) is 0 Å². The molecule has 1 unspecified atom stereocenters. The highest BCUT2D eigenvalue weighted by molar-refractivity contribution is 6.06. The topological polar surface area (TPSA) is 66.4 Å². The quantitative estimate of drug-likeness (QED) is 0.549. The van der Waals surface area contributed by atoms with E-state index in [0.717, 1.165) is 5.56 Å². The maximum atomic E-state index is 11.6. The zero-order valence-corrected chi connectivity index (χ0v) is 8.06. The lowest BCUT2D eigenvalue weighted by molar-refractivity contribution is -0.139. The number of rotatable bonds is 3. The van der Waals surface area contributed by atoms with Gasteiger partial charge >= 0.3 is 0 Å². The number of amides is 1. The summed E-state index contributed by atoms with van der Waals surface area (Å²) in [5.74, 6) is -0.547. The van der Waals surface area contributed by atoms with E-state index >= 15 is 0 Å². The fraction of sp³-hybridized carbons (Fsp3) is 0.273. The number of hydrogen-bond acceptors (Lipinski definition) is 3. The van der Waals surface area contributed by atoms with Crippen molar-refractivity contribution in [1.82, 2.24) is 5.32 Å². The van der Waals surface area contributed by atoms with Crippen molar-refractivity contribution < 1.29 is 14.7 Å². The van der Waals surface area contributed by atoms with Crippen molar-refractivity contribution in [1.29, 1.82) is 0 Å². The van der Waals surface area contributed by atoms with Crippen LogP contribution in [0.4, 0.5) is 0 Å². The SMILES string of the molecule is O=C(Cc1ccc(O)cc1)C1CNC1=O. The number of carbonyl (C=O) groups excluding carboxylic acids is 2. The Morgan fingerprint density at radius 2 is 2.07 bits per heavy atom. The number of benzene rings is 1. The van der Waals surface area contributed by atoms with Crippen LogP contribution in [-0.4, -0.2) is 23.3 Å². The number of Topliss-reactive ketones (excluding diaryl/α,β-unsaturated/α-hetero) is 1. The third-order valence-electron chi connectivity index (χ3n) is 2.50. The smallest absolute Gasteiger partial charge is 0.232 e. The minimum atomic E-state index is -0.473. The van der Waals surface area contributed by atoms with E-state index in [1.165, 1.54) is 12.1 Å². The summed E-state index contributed by atoms with van der Waals surface area (Å²) in [6.07, 6.45) is 0.248. The van der Waals surface area contributed by atoms with Gasteiger partial charge < -0.3 is 10.4 Å². The van der Waals surface area contributed by atoms with Crippen LogP contribution in [-0.2, 0) is 16.0 Å². The molecule has 1 aromatic rings. The van der Waals surface area contributed by atoms with Crippen LogP contribution in [0, 0.1) is 5.92 Å². The lowest BCUT2D eigenvalue weighted by Crippen LogP contribution is -2.52. The molecule has 78 valence electrons. The lowest BCUT2D eigenvalue weighted by atomic mass is 9.92. The van der Waals surface area contributed by atoms with Gasteiger partial charge in [-0.05, 0) is 17.7 Å². The Morgan fingerprint density at radius 3 is 2.53 bits per heavy atom. The molecule has 0 aliphatic carbocycles. The van der Waals surface area contributed by atoms with Crippen molar-refractivity contribution in [3.8, 4) is 5.75 Å². The average Bonchev–Trinajstić information content (AvgIpc) is 2.19. The number of phenols is 1. The van der Waals surface area contributed by atoms with Crippen molar-refractivity contribution in [2.75, 3.05) is 6.54 Å². The summed E-state index contributed by atoms with van der Waals surface area (Å²) >= 11 is 0. The number of ketones is 1. The number of hydrogen-bond donors (Lipinski definition) is 2. The minimum Gasteiger partial charge on any atom is -0.508 e. The first-order valence-electron chi connectivity index (χ1n) is 4.75. The van der Waals surface area contributed by atoms with Gasteiger partial charge in [0.25, 0.3) is 0 Å². The summed E-state index contributed by atoms with van der Waals surface area (Å²) in [6.45, 7) is 0.454. The van der Waals surface area contributed by atoms with Crippen LogP contribution in [0.15, 0.2) is 24.3 Å². The molecule has 4 heteroatoms. The highest BCUT2D eigenvalue weighted by Gasteiger charge is 2.33. The number of aromatic hydroxyl groups is 1. The summed E-state index contributed by atoms with van der Waals surface area (Å²) < 4.78 is 0. The Bertz CT molecular complexity index is 397. The normalized spacial score (nSPS) is 19.2. The van der Waals surface area contributed by atoms with Crippen molar-refractivity contribution >= 4 is 11.7 Å². The van der Waals surface area contributed by atoms with Gasteiger partial charge in [0.05, 0.1) is 0 Å². The second-order valence-electron chi connectivity index (χ2n) is 3.61. The molecule has 1 saturated heterocycles. The predicted octanol–water partition coefficient (Wildman–Crippen LogP) is 0.250. The first-order chi connectivity index (χ1) is 7.16. The second kappa shape index (κ2) is 3.73. The molecular formula is C11H11NO3. The summed E-state index contributed by atoms with van der Waals surface area (Å²) in [7, 11) is 0. The molecule has 1 aliphatic rings. The molecule has 0 saturated carbocycles. The molecule has 1 aliphatic heterocycles. The first-order valence-corrected chi connectivity index (χ1v) is 4.75. The van der Waals surface area contributed by atoms with Gasteiger partial charge in [-0.1, -0.05) is 12.1 Å². The van der Waals surface area contributed by atoms with Crippen molar-refractivity contribution in [3.05, 3.63) is 29.8 Å². The summed E-state index contributed by atoms with van der Waals surface area (Å²) in [4.78, 5) is 22.5. The van der Waals surface area contributed by atoms with E-state index < -0.39 is 5.92 Å². The molecule has 0 radical (unpaired) electrons. The van der Waals surface area contributed by atoms with E-state index in [0.29, 0.717) is 6.54 Å². The Morgan fingerprint density at radius 1 is 1.40 bits per heavy atom. The van der Waals surface area contributed by atoms with Crippen LogP contribution < -0.4 is 5.32 Å². The van der Waals surface area contributed by atoms with E-state index in [1.54, 1.807) is 12.1 Å². The minimum absolute atomic E-state index is 0.0653. The lowest BCUT2D eigenvalue weighted by Gasteiger charge is -2.24. The van der Waals surface area contributed by atoms with Gasteiger partial charge in [-0.15, -0.1) is 0 Å². The Labute approximate surface area is 86.9 Å². The van der Waals surface area contributed by atoms with Crippen molar-refractivity contribution in [2.24, 2.45) is 5.92 Å². The van der Waals surface area contributed by atoms with Crippen LogP contribution >= 0.6 is 0 Å². The molecular weight excluding hydrogens is 194 g/mol. The number of phenolic OH excluding ortho intramolecular Hbond substituents is 1. The van der Waals surface area contributed by atoms with Gasteiger partial charge in [-0.25, -0.2) is 0 Å². The van der Waals surface area contributed by atoms with Crippen molar-refractivity contribution in [2.45, 2.75) is 6.42 Å². The number of β-lactam (4-membered cyclic amide) rings is 1. The van der Waals surface area contributed by atoms with Gasteiger partial charge in [-0.3, -0.25) is 9.59 Å². The Kier molecular flexibility index (Phi) is 2.41. The van der Waals surface area contributed by atoms with E-state index in [4.69, 9.17) is 5.11 Å². The van der Waals surface area contributed by atoms with Gasteiger partial charge in [0.2, 0.25) is 5.91 Å². The zero-order valence-electron chi connectivity index (χ0n) is 8.06. The van der Waals surface area contributed by atoms with Gasteiger partial charge in [0.1, 0.15) is 11.7 Å². The predicted molar refractivity (Wildman–Crippen MR) is 53.3 cm³/mol. The number of carbonyl (C=O) groups is 2. The second-order valence-corrected chi connectivity index (χ2v) is 3.61. The third kappa shape index (κ3) is 1.98. The molecule has 1 atom stereocenters. The molecule has 0 bridgehead atoms. The summed E-state index contributed by atoms with van der Waals surface area (Å²) in [5.41, 5.74) is 0.817. The third-order valence-corrected chi connectivity index (χ3v) is 2.50. The summed E-state index contributed by atoms with van der Waals surface area (Å²) in [5, 5.41) is 11.6. The Balaban J connectivity index is 1.99. The van der Waals surface area contributed by atoms with E-state index in [2.05, 4.69) is 5.32 Å². The zero-order chi connectivity index (χ0) is 10.8. The van der Waals surface area contributed by atoms with E-state index in [9.17, 15) is 9.59 Å². The molecule has 0 spiro atoms. The van der Waals surface area contributed by atoms with Crippen LogP contribution in [0.25, 0.3) is 0 Å². The summed E-state index contributed by atoms with van der Waals surface area (Å²) in [6, 6.07) is 6.43. The maximum absolute atomic E-state index is 11.6. The highest BCUT2D eigenvalue weighted by Crippen LogP contribution is 2.14. The fourth-order valence-corrected chi connectivity index (χ4v) is 1.49. The first kappa shape index (κ1) is 9.71. The van der Waals surface area contributed by atoms with Gasteiger partial charge in [0.15, 0.2) is 5.78 Å². The van der Waals surface area contributed by atoms with Crippen LogP contribution in [0.3, 0.4) is 0 Å². The van der Waals surface area contributed by atoms with Gasteiger partial charge in [-0.2, -0.15) is 0 Å². The average molecular weight is 205 g/mol. The molecule has 2 N–H and O–H groups in total. The number of nitrogens with one attached hydrogen (secondary N) is 1. The molecule has 15 heavy (non-hydrogen) atoms. The Hall–Kier alpha value is -1.84. The van der Waals surface area contributed by atoms with E-state index in [-0.39, 0.29) is 23.9 Å². The maximum Gasteiger partial charge on any atom is 0.232 e. The monoisotopic (exact) mass is 205 g/mol. The van der Waals surface area contributed by atoms with Crippen LogP contribution in [0.1, 0.15) is 5.56 Å². The molecule has 4 nitrogen and oxygen atoms in total. The molecule has 0 aromatic heterocycles. The fourth-order valence-electron chi connectivity index (χ4n) is 1.49.